The van der Waals surface area contributed by atoms with Crippen molar-refractivity contribution in [3.63, 3.8) is 0 Å². The van der Waals surface area contributed by atoms with E-state index >= 15 is 0 Å². The Kier molecular flexibility index (Phi) is 3.51. The van der Waals surface area contributed by atoms with Gasteiger partial charge < -0.3 is 5.73 Å². The number of guanidine groups is 1. The van der Waals surface area contributed by atoms with Gasteiger partial charge >= 0.3 is 0 Å². The molecule has 66 valence electrons. The van der Waals surface area contributed by atoms with Crippen LogP contribution in [0.3, 0.4) is 0 Å². The van der Waals surface area contributed by atoms with Crippen molar-refractivity contribution in [2.45, 2.75) is 6.54 Å². The Morgan fingerprint density at radius 1 is 1.75 bits per heavy atom. The summed E-state index contributed by atoms with van der Waals surface area (Å²) in [6.45, 7) is 0.562. The number of nitrogens with zero attached hydrogens (tertiary/aromatic N) is 1. The van der Waals surface area contributed by atoms with E-state index < -0.39 is 0 Å². The fraction of sp³-hybridized carbons (Fsp3) is 0.167. The van der Waals surface area contributed by atoms with Gasteiger partial charge in [0.1, 0.15) is 0 Å². The Balaban J connectivity index is 2.53. The van der Waals surface area contributed by atoms with Gasteiger partial charge in [-0.1, -0.05) is 0 Å². The number of halogens is 1. The van der Waals surface area contributed by atoms with E-state index in [2.05, 4.69) is 26.3 Å². The van der Waals surface area contributed by atoms with E-state index in [0.717, 1.165) is 9.35 Å². The van der Waals surface area contributed by atoms with Gasteiger partial charge in [-0.2, -0.15) is 0 Å². The molecule has 0 bridgehead atoms. The molecule has 1 aromatic heterocycles. The molecule has 0 unspecified atom stereocenters. The number of nitrogens with two attached hydrogens (primary N) is 2. The number of rotatable bonds is 2. The first-order valence-corrected chi connectivity index (χ1v) is 4.89. The van der Waals surface area contributed by atoms with Gasteiger partial charge in [0.15, 0.2) is 0 Å². The lowest BCUT2D eigenvalue weighted by molar-refractivity contribution is 0.966. The molecule has 0 radical (unpaired) electrons. The highest BCUT2D eigenvalue weighted by atomic mass is 79.9. The van der Waals surface area contributed by atoms with E-state index in [1.807, 2.05) is 11.4 Å². The largest absolute Gasteiger partial charge is 0.369 e. The Morgan fingerprint density at radius 2 is 2.50 bits per heavy atom. The third-order valence-electron chi connectivity index (χ3n) is 1.17. The third kappa shape index (κ3) is 2.80. The zero-order valence-electron chi connectivity index (χ0n) is 6.25. The van der Waals surface area contributed by atoms with Crippen molar-refractivity contribution in [3.8, 4) is 0 Å². The van der Waals surface area contributed by atoms with Gasteiger partial charge in [0, 0.05) is 14.7 Å². The molecule has 4 nitrogen and oxygen atoms in total. The van der Waals surface area contributed by atoms with Gasteiger partial charge in [0.25, 0.3) is 0 Å². The smallest absolute Gasteiger partial charge is 0.203 e. The third-order valence-corrected chi connectivity index (χ3v) is 2.86. The number of nitrogens with one attached hydrogen (secondary N) is 1. The van der Waals surface area contributed by atoms with Gasteiger partial charge in [-0.3, -0.25) is 5.43 Å². The van der Waals surface area contributed by atoms with Gasteiger partial charge in [-0.15, -0.1) is 11.3 Å². The van der Waals surface area contributed by atoms with E-state index in [-0.39, 0.29) is 5.96 Å². The van der Waals surface area contributed by atoms with Gasteiger partial charge in [-0.05, 0) is 22.0 Å². The minimum atomic E-state index is 0.250. The minimum Gasteiger partial charge on any atom is -0.369 e. The molecule has 0 amide bonds. The van der Waals surface area contributed by atoms with E-state index in [9.17, 15) is 0 Å². The van der Waals surface area contributed by atoms with Crippen molar-refractivity contribution < 1.29 is 0 Å². The summed E-state index contributed by atoms with van der Waals surface area (Å²) in [6.07, 6.45) is 0. The molecule has 0 saturated heterocycles. The second kappa shape index (κ2) is 4.44. The average molecular weight is 249 g/mol. The molecule has 0 atom stereocenters. The Bertz CT molecular complexity index is 283. The molecule has 0 aromatic carbocycles. The first-order valence-electron chi connectivity index (χ1n) is 3.22. The maximum absolute atomic E-state index is 5.33. The number of hydrogen-bond acceptors (Lipinski definition) is 3. The number of aliphatic imine (C=N–C) groups is 1. The van der Waals surface area contributed by atoms with Crippen molar-refractivity contribution >= 4 is 33.2 Å². The topological polar surface area (TPSA) is 76.4 Å². The normalized spacial score (nSPS) is 11.7. The maximum atomic E-state index is 5.33. The van der Waals surface area contributed by atoms with Crippen LogP contribution in [0.2, 0.25) is 0 Å². The summed E-state index contributed by atoms with van der Waals surface area (Å²) in [5.41, 5.74) is 7.60. The lowest BCUT2D eigenvalue weighted by Gasteiger charge is -1.95. The van der Waals surface area contributed by atoms with Gasteiger partial charge in [0.2, 0.25) is 5.96 Å². The number of thiophene rings is 1. The molecule has 5 N–H and O–H groups in total. The summed E-state index contributed by atoms with van der Waals surface area (Å²) in [6, 6.07) is 2.00. The predicted molar refractivity (Wildman–Crippen MR) is 54.7 cm³/mol. The predicted octanol–water partition coefficient (Wildman–Crippen LogP) is 0.789. The molecule has 1 heterocycles. The number of hydrazine groups is 1. The maximum Gasteiger partial charge on any atom is 0.203 e. The molecule has 0 fully saturated rings. The Morgan fingerprint density at radius 3 is 3.00 bits per heavy atom. The van der Waals surface area contributed by atoms with Crippen LogP contribution in [0.15, 0.2) is 20.9 Å². The lowest BCUT2D eigenvalue weighted by atomic mass is 10.5. The highest BCUT2D eigenvalue weighted by Gasteiger charge is 1.95. The SMILES string of the molecule is NNC(N)=NCc1cc(Br)cs1. The zero-order chi connectivity index (χ0) is 8.97. The molecular weight excluding hydrogens is 240 g/mol. The molecular formula is C6H9BrN4S. The van der Waals surface area contributed by atoms with Crippen molar-refractivity contribution in [1.82, 2.24) is 5.43 Å². The van der Waals surface area contributed by atoms with E-state index in [1.165, 1.54) is 0 Å². The number of hydrogen-bond donors (Lipinski definition) is 3. The summed E-state index contributed by atoms with van der Waals surface area (Å²) < 4.78 is 1.07. The van der Waals surface area contributed by atoms with Crippen molar-refractivity contribution in [2.24, 2.45) is 16.6 Å². The molecule has 0 aliphatic rings. The van der Waals surface area contributed by atoms with Crippen LogP contribution >= 0.6 is 27.3 Å². The molecule has 12 heavy (non-hydrogen) atoms. The van der Waals surface area contributed by atoms with Crippen molar-refractivity contribution in [3.05, 3.63) is 20.8 Å². The molecule has 0 spiro atoms. The lowest BCUT2D eigenvalue weighted by Crippen LogP contribution is -2.36. The second-order valence-electron chi connectivity index (χ2n) is 2.08. The zero-order valence-corrected chi connectivity index (χ0v) is 8.65. The van der Waals surface area contributed by atoms with Crippen LogP contribution < -0.4 is 17.0 Å². The molecule has 6 heteroatoms. The molecule has 1 rings (SSSR count). The van der Waals surface area contributed by atoms with Crippen LogP contribution in [0.4, 0.5) is 0 Å². The van der Waals surface area contributed by atoms with E-state index in [4.69, 9.17) is 11.6 Å². The second-order valence-corrected chi connectivity index (χ2v) is 3.99. The monoisotopic (exact) mass is 248 g/mol. The quantitative estimate of drug-likeness (QED) is 0.314. The summed E-state index contributed by atoms with van der Waals surface area (Å²) in [7, 11) is 0. The summed E-state index contributed by atoms with van der Waals surface area (Å²) in [4.78, 5) is 5.11. The van der Waals surface area contributed by atoms with Gasteiger partial charge in [-0.25, -0.2) is 10.8 Å². The molecule has 0 aliphatic carbocycles. The Labute approximate surface area is 82.8 Å². The van der Waals surface area contributed by atoms with Crippen LogP contribution in [-0.4, -0.2) is 5.96 Å². The average Bonchev–Trinajstić information content (AvgIpc) is 2.47. The molecule has 0 saturated carbocycles. The highest BCUT2D eigenvalue weighted by molar-refractivity contribution is 9.10. The first kappa shape index (κ1) is 9.50. The fourth-order valence-electron chi connectivity index (χ4n) is 0.645. The van der Waals surface area contributed by atoms with E-state index in [0.29, 0.717) is 6.54 Å². The van der Waals surface area contributed by atoms with Crippen LogP contribution in [0.5, 0.6) is 0 Å². The van der Waals surface area contributed by atoms with Crippen LogP contribution in [0.1, 0.15) is 4.88 Å². The summed E-state index contributed by atoms with van der Waals surface area (Å²) in [5, 5.41) is 2.00. The first-order chi connectivity index (χ1) is 5.72. The standard InChI is InChI=1S/C6H9BrN4S/c7-4-1-5(12-3-4)2-10-6(8)11-9/h1,3H,2,9H2,(H3,8,10,11). The van der Waals surface area contributed by atoms with Crippen LogP contribution in [0, 0.1) is 0 Å². The molecule has 0 aliphatic heterocycles. The summed E-state index contributed by atoms with van der Waals surface area (Å²) in [5.74, 6) is 5.28. The summed E-state index contributed by atoms with van der Waals surface area (Å²) >= 11 is 4.97. The van der Waals surface area contributed by atoms with Crippen molar-refractivity contribution in [1.29, 1.82) is 0 Å². The fourth-order valence-corrected chi connectivity index (χ4v) is 2.02. The van der Waals surface area contributed by atoms with E-state index in [1.54, 1.807) is 11.3 Å². The highest BCUT2D eigenvalue weighted by Crippen LogP contribution is 2.20. The van der Waals surface area contributed by atoms with Crippen LogP contribution in [-0.2, 0) is 6.54 Å². The van der Waals surface area contributed by atoms with Crippen LogP contribution in [0.25, 0.3) is 0 Å². The Hall–Kier alpha value is -0.590. The van der Waals surface area contributed by atoms with Crippen molar-refractivity contribution in [2.75, 3.05) is 0 Å². The van der Waals surface area contributed by atoms with Gasteiger partial charge in [0.05, 0.1) is 6.54 Å². The minimum absolute atomic E-state index is 0.250. The molecule has 1 aromatic rings.